The highest BCUT2D eigenvalue weighted by molar-refractivity contribution is 5.61. The normalized spacial score (nSPS) is 28.2. The Kier molecular flexibility index (Phi) is 4.40. The van der Waals surface area contributed by atoms with E-state index in [0.717, 1.165) is 25.9 Å². The first kappa shape index (κ1) is 11.8. The maximum absolute atomic E-state index is 5.29. The molecule has 0 spiro atoms. The Bertz CT molecular complexity index is 327. The average Bonchev–Trinajstić information content (AvgIpc) is 2.83. The molecule has 1 aliphatic rings. The summed E-state index contributed by atoms with van der Waals surface area (Å²) >= 11 is 0. The SMILES string of the molecule is C#CCC1(C)CC1C#CN=CCNCC. The molecule has 0 amide bonds. The molecule has 0 aromatic heterocycles. The fourth-order valence-electron chi connectivity index (χ4n) is 1.48. The van der Waals surface area contributed by atoms with Gasteiger partial charge in [-0.1, -0.05) is 19.8 Å². The van der Waals surface area contributed by atoms with Crippen LogP contribution in [0.4, 0.5) is 0 Å². The summed E-state index contributed by atoms with van der Waals surface area (Å²) in [4.78, 5) is 4.01. The first-order chi connectivity index (χ1) is 7.23. The lowest BCUT2D eigenvalue weighted by atomic mass is 10.0. The first-order valence-corrected chi connectivity index (χ1v) is 5.39. The summed E-state index contributed by atoms with van der Waals surface area (Å²) in [6.45, 7) is 6.00. The van der Waals surface area contributed by atoms with Crippen LogP contribution in [0.15, 0.2) is 4.99 Å². The highest BCUT2D eigenvalue weighted by Gasteiger charge is 2.48. The molecule has 1 fully saturated rings. The molecule has 0 aromatic carbocycles. The summed E-state index contributed by atoms with van der Waals surface area (Å²) in [5.41, 5.74) is 0.263. The zero-order valence-corrected chi connectivity index (χ0v) is 9.51. The van der Waals surface area contributed by atoms with E-state index in [1.165, 1.54) is 0 Å². The molecule has 1 aliphatic carbocycles. The molecular weight excluding hydrogens is 184 g/mol. The molecule has 2 unspecified atom stereocenters. The molecule has 2 heteroatoms. The fraction of sp³-hybridized carbons (Fsp3) is 0.615. The van der Waals surface area contributed by atoms with Gasteiger partial charge >= 0.3 is 0 Å². The van der Waals surface area contributed by atoms with Crippen LogP contribution in [0, 0.1) is 35.6 Å². The van der Waals surface area contributed by atoms with E-state index in [1.807, 2.05) is 0 Å². The number of hydrogen-bond acceptors (Lipinski definition) is 2. The van der Waals surface area contributed by atoms with Crippen molar-refractivity contribution in [3.8, 4) is 24.3 Å². The molecule has 0 saturated heterocycles. The largest absolute Gasteiger partial charge is 0.312 e. The van der Waals surface area contributed by atoms with Gasteiger partial charge in [-0.3, -0.25) is 0 Å². The first-order valence-electron chi connectivity index (χ1n) is 5.39. The lowest BCUT2D eigenvalue weighted by Gasteiger charge is -1.99. The molecule has 0 aliphatic heterocycles. The van der Waals surface area contributed by atoms with Crippen LogP contribution in [0.5, 0.6) is 0 Å². The van der Waals surface area contributed by atoms with Crippen molar-refractivity contribution in [1.29, 1.82) is 0 Å². The molecule has 15 heavy (non-hydrogen) atoms. The minimum Gasteiger partial charge on any atom is -0.312 e. The second kappa shape index (κ2) is 5.59. The lowest BCUT2D eigenvalue weighted by molar-refractivity contribution is 0.564. The Morgan fingerprint density at radius 3 is 3.13 bits per heavy atom. The molecule has 0 aromatic rings. The van der Waals surface area contributed by atoms with Crippen molar-refractivity contribution in [1.82, 2.24) is 5.32 Å². The Labute approximate surface area is 92.6 Å². The van der Waals surface area contributed by atoms with Gasteiger partial charge in [-0.15, -0.1) is 12.3 Å². The maximum Gasteiger partial charge on any atom is 0.0336 e. The third-order valence-corrected chi connectivity index (χ3v) is 2.74. The highest BCUT2D eigenvalue weighted by Crippen LogP contribution is 2.54. The van der Waals surface area contributed by atoms with Crippen molar-refractivity contribution in [2.45, 2.75) is 26.7 Å². The molecule has 0 bridgehead atoms. The Morgan fingerprint density at radius 2 is 2.47 bits per heavy atom. The molecule has 1 saturated carbocycles. The lowest BCUT2D eigenvalue weighted by Crippen LogP contribution is -2.14. The van der Waals surface area contributed by atoms with E-state index in [4.69, 9.17) is 6.42 Å². The topological polar surface area (TPSA) is 24.4 Å². The van der Waals surface area contributed by atoms with Gasteiger partial charge < -0.3 is 5.32 Å². The number of terminal acetylenes is 1. The molecule has 2 atom stereocenters. The van der Waals surface area contributed by atoms with Crippen LogP contribution in [0.3, 0.4) is 0 Å². The molecular formula is C13H18N2. The summed E-state index contributed by atoms with van der Waals surface area (Å²) in [5, 5.41) is 3.14. The average molecular weight is 202 g/mol. The standard InChI is InChI=1S/C13H18N2/c1-4-7-13(3)11-12(13)6-8-15-10-9-14-5-2/h1,10,12,14H,5,7,9,11H2,2-3H3. The minimum atomic E-state index is 0.263. The van der Waals surface area contributed by atoms with Gasteiger partial charge in [-0.25, -0.2) is 4.99 Å². The third kappa shape index (κ3) is 3.78. The number of nitrogens with zero attached hydrogens (tertiary/aromatic N) is 1. The maximum atomic E-state index is 5.29. The van der Waals surface area contributed by atoms with E-state index < -0.39 is 0 Å². The summed E-state index contributed by atoms with van der Waals surface area (Å²) < 4.78 is 0. The van der Waals surface area contributed by atoms with Gasteiger partial charge in [0.1, 0.15) is 0 Å². The van der Waals surface area contributed by atoms with Gasteiger partial charge in [0, 0.05) is 31.1 Å². The van der Waals surface area contributed by atoms with E-state index >= 15 is 0 Å². The molecule has 0 heterocycles. The van der Waals surface area contributed by atoms with Crippen LogP contribution in [0.2, 0.25) is 0 Å². The third-order valence-electron chi connectivity index (χ3n) is 2.74. The Hall–Kier alpha value is -1.25. The minimum absolute atomic E-state index is 0.263. The molecule has 1 N–H and O–H groups in total. The van der Waals surface area contributed by atoms with Crippen LogP contribution in [0.1, 0.15) is 26.7 Å². The Balaban J connectivity index is 2.24. The van der Waals surface area contributed by atoms with Crippen LogP contribution in [-0.4, -0.2) is 19.3 Å². The van der Waals surface area contributed by atoms with Crippen LogP contribution in [-0.2, 0) is 0 Å². The molecule has 0 radical (unpaired) electrons. The van der Waals surface area contributed by atoms with Crippen LogP contribution < -0.4 is 5.32 Å². The second-order valence-corrected chi connectivity index (χ2v) is 4.17. The summed E-state index contributed by atoms with van der Waals surface area (Å²) in [6, 6.07) is 2.83. The summed E-state index contributed by atoms with van der Waals surface area (Å²) in [6.07, 6.45) is 9.04. The predicted octanol–water partition coefficient (Wildman–Crippen LogP) is 1.68. The predicted molar refractivity (Wildman–Crippen MR) is 64.5 cm³/mol. The number of hydrogen-bond donors (Lipinski definition) is 1. The zero-order chi connectivity index (χ0) is 11.1. The van der Waals surface area contributed by atoms with E-state index in [-0.39, 0.29) is 5.41 Å². The van der Waals surface area contributed by atoms with Gasteiger partial charge in [0.15, 0.2) is 0 Å². The molecule has 80 valence electrons. The van der Waals surface area contributed by atoms with E-state index in [2.05, 4.69) is 42.0 Å². The van der Waals surface area contributed by atoms with Crippen molar-refractivity contribution < 1.29 is 0 Å². The van der Waals surface area contributed by atoms with Crippen molar-refractivity contribution in [2.75, 3.05) is 13.1 Å². The highest BCUT2D eigenvalue weighted by atomic mass is 14.9. The smallest absolute Gasteiger partial charge is 0.0336 e. The van der Waals surface area contributed by atoms with Crippen molar-refractivity contribution >= 4 is 6.21 Å². The van der Waals surface area contributed by atoms with Crippen molar-refractivity contribution in [3.05, 3.63) is 0 Å². The number of aliphatic imine (C=N–C) groups is 1. The van der Waals surface area contributed by atoms with Crippen molar-refractivity contribution in [2.24, 2.45) is 16.3 Å². The van der Waals surface area contributed by atoms with Crippen molar-refractivity contribution in [3.63, 3.8) is 0 Å². The zero-order valence-electron chi connectivity index (χ0n) is 9.51. The van der Waals surface area contributed by atoms with Crippen LogP contribution in [0.25, 0.3) is 0 Å². The van der Waals surface area contributed by atoms with Gasteiger partial charge in [0.2, 0.25) is 0 Å². The summed E-state index contributed by atoms with van der Waals surface area (Å²) in [7, 11) is 0. The van der Waals surface area contributed by atoms with E-state index in [1.54, 1.807) is 6.21 Å². The van der Waals surface area contributed by atoms with Gasteiger partial charge in [0.05, 0.1) is 0 Å². The van der Waals surface area contributed by atoms with E-state index in [0.29, 0.717) is 5.92 Å². The quantitative estimate of drug-likeness (QED) is 0.418. The molecule has 1 rings (SSSR count). The number of rotatable bonds is 4. The van der Waals surface area contributed by atoms with Gasteiger partial charge in [-0.05, 0) is 18.4 Å². The monoisotopic (exact) mass is 202 g/mol. The summed E-state index contributed by atoms with van der Waals surface area (Å²) in [5.74, 6) is 6.29. The number of nitrogens with one attached hydrogen (secondary N) is 1. The van der Waals surface area contributed by atoms with Gasteiger partial charge in [0.25, 0.3) is 0 Å². The second-order valence-electron chi connectivity index (χ2n) is 4.17. The van der Waals surface area contributed by atoms with Crippen LogP contribution >= 0.6 is 0 Å². The van der Waals surface area contributed by atoms with Gasteiger partial charge in [-0.2, -0.15) is 0 Å². The Morgan fingerprint density at radius 1 is 1.67 bits per heavy atom. The molecule has 2 nitrogen and oxygen atoms in total. The fourth-order valence-corrected chi connectivity index (χ4v) is 1.48. The van der Waals surface area contributed by atoms with E-state index in [9.17, 15) is 0 Å².